The largest absolute Gasteiger partial charge is 0.453 e. The number of thiazole rings is 1. The first-order chi connectivity index (χ1) is 12.7. The summed E-state index contributed by atoms with van der Waals surface area (Å²) in [5.41, 5.74) is 2.93. The normalized spacial score (nSPS) is 10.2. The predicted octanol–water partition coefficient (Wildman–Crippen LogP) is 3.92. The molecule has 3 rings (SSSR count). The average molecular weight is 367 g/mol. The second kappa shape index (κ2) is 8.26. The van der Waals surface area contributed by atoms with Crippen molar-refractivity contribution in [2.24, 2.45) is 0 Å². The summed E-state index contributed by atoms with van der Waals surface area (Å²) in [6.45, 7) is 0.371. The molecule has 26 heavy (non-hydrogen) atoms. The summed E-state index contributed by atoms with van der Waals surface area (Å²) in [4.78, 5) is 27.8. The van der Waals surface area contributed by atoms with Crippen LogP contribution in [0.2, 0.25) is 0 Å². The predicted molar refractivity (Wildman–Crippen MR) is 101 cm³/mol. The third-order valence-electron chi connectivity index (χ3n) is 3.60. The summed E-state index contributed by atoms with van der Waals surface area (Å²) >= 11 is 1.44. The van der Waals surface area contributed by atoms with Gasteiger partial charge in [-0.2, -0.15) is 0 Å². The fourth-order valence-electron chi connectivity index (χ4n) is 2.24. The molecule has 0 aliphatic heterocycles. The number of anilines is 1. The van der Waals surface area contributed by atoms with Crippen molar-refractivity contribution in [3.8, 4) is 10.6 Å². The number of ether oxygens (including phenoxy) is 1. The summed E-state index contributed by atoms with van der Waals surface area (Å²) in [7, 11) is 1.31. The lowest BCUT2D eigenvalue weighted by atomic mass is 10.2. The van der Waals surface area contributed by atoms with Crippen molar-refractivity contribution < 1.29 is 14.3 Å². The van der Waals surface area contributed by atoms with Crippen LogP contribution in [0.3, 0.4) is 0 Å². The molecule has 2 amide bonds. The van der Waals surface area contributed by atoms with Gasteiger partial charge in [-0.1, -0.05) is 42.5 Å². The zero-order chi connectivity index (χ0) is 18.4. The van der Waals surface area contributed by atoms with Crippen LogP contribution in [0.25, 0.3) is 10.6 Å². The van der Waals surface area contributed by atoms with E-state index >= 15 is 0 Å². The Hall–Kier alpha value is -3.19. The number of rotatable bonds is 5. The molecule has 0 atom stereocenters. The molecule has 0 unspecified atom stereocenters. The van der Waals surface area contributed by atoms with Gasteiger partial charge in [0.1, 0.15) is 10.7 Å². The third kappa shape index (κ3) is 4.46. The maximum atomic E-state index is 12.3. The number of nitrogens with one attached hydrogen (secondary N) is 2. The molecule has 0 aliphatic carbocycles. The molecule has 0 bridgehead atoms. The number of amides is 2. The molecule has 0 saturated heterocycles. The molecule has 3 aromatic rings. The summed E-state index contributed by atoms with van der Waals surface area (Å²) < 4.78 is 4.53. The van der Waals surface area contributed by atoms with Gasteiger partial charge in [0.05, 0.1) is 7.11 Å². The van der Waals surface area contributed by atoms with Crippen molar-refractivity contribution in [3.63, 3.8) is 0 Å². The van der Waals surface area contributed by atoms with Crippen LogP contribution in [0.5, 0.6) is 0 Å². The fourth-order valence-corrected chi connectivity index (χ4v) is 3.05. The summed E-state index contributed by atoms with van der Waals surface area (Å²) in [6, 6.07) is 16.9. The number of aromatic nitrogens is 1. The van der Waals surface area contributed by atoms with Crippen molar-refractivity contribution in [1.29, 1.82) is 0 Å². The quantitative estimate of drug-likeness (QED) is 0.716. The van der Waals surface area contributed by atoms with E-state index in [-0.39, 0.29) is 5.91 Å². The molecule has 132 valence electrons. The number of nitrogens with zero attached hydrogens (tertiary/aromatic N) is 1. The highest BCUT2D eigenvalue weighted by molar-refractivity contribution is 7.13. The van der Waals surface area contributed by atoms with Crippen molar-refractivity contribution in [3.05, 3.63) is 71.2 Å². The smallest absolute Gasteiger partial charge is 0.411 e. The van der Waals surface area contributed by atoms with Crippen molar-refractivity contribution in [2.75, 3.05) is 12.4 Å². The first-order valence-corrected chi connectivity index (χ1v) is 8.77. The number of methoxy groups -OCH3 is 1. The van der Waals surface area contributed by atoms with Crippen LogP contribution >= 0.6 is 11.3 Å². The Kier molecular flexibility index (Phi) is 5.60. The van der Waals surface area contributed by atoms with E-state index in [0.29, 0.717) is 17.9 Å². The van der Waals surface area contributed by atoms with Gasteiger partial charge in [-0.25, -0.2) is 9.78 Å². The van der Waals surface area contributed by atoms with Gasteiger partial charge in [0.2, 0.25) is 0 Å². The van der Waals surface area contributed by atoms with Gasteiger partial charge in [-0.15, -0.1) is 11.3 Å². The highest BCUT2D eigenvalue weighted by Gasteiger charge is 2.11. The average Bonchev–Trinajstić information content (AvgIpc) is 3.18. The lowest BCUT2D eigenvalue weighted by Crippen LogP contribution is -2.23. The van der Waals surface area contributed by atoms with Gasteiger partial charge in [0, 0.05) is 23.2 Å². The molecule has 0 saturated carbocycles. The monoisotopic (exact) mass is 367 g/mol. The summed E-state index contributed by atoms with van der Waals surface area (Å²) in [5.74, 6) is -0.222. The van der Waals surface area contributed by atoms with Crippen LogP contribution < -0.4 is 10.6 Å². The molecule has 1 aromatic heterocycles. The molecule has 2 N–H and O–H groups in total. The van der Waals surface area contributed by atoms with E-state index in [4.69, 9.17) is 0 Å². The minimum Gasteiger partial charge on any atom is -0.453 e. The summed E-state index contributed by atoms with van der Waals surface area (Å²) in [6.07, 6.45) is -0.524. The minimum atomic E-state index is -0.524. The third-order valence-corrected chi connectivity index (χ3v) is 4.49. The van der Waals surface area contributed by atoms with Crippen molar-refractivity contribution in [1.82, 2.24) is 10.3 Å². The Morgan fingerprint density at radius 2 is 1.81 bits per heavy atom. The van der Waals surface area contributed by atoms with Crippen molar-refractivity contribution in [2.45, 2.75) is 6.54 Å². The second-order valence-electron chi connectivity index (χ2n) is 5.40. The molecule has 7 heteroatoms. The van der Waals surface area contributed by atoms with E-state index in [1.807, 2.05) is 42.5 Å². The molecule has 6 nitrogen and oxygen atoms in total. The fraction of sp³-hybridized carbons (Fsp3) is 0.105. The van der Waals surface area contributed by atoms with E-state index in [0.717, 1.165) is 16.1 Å². The molecule has 0 spiro atoms. The van der Waals surface area contributed by atoms with Gasteiger partial charge in [-0.05, 0) is 17.7 Å². The van der Waals surface area contributed by atoms with Gasteiger partial charge in [0.25, 0.3) is 5.91 Å². The highest BCUT2D eigenvalue weighted by atomic mass is 32.1. The van der Waals surface area contributed by atoms with E-state index in [1.165, 1.54) is 18.4 Å². The number of hydrogen-bond acceptors (Lipinski definition) is 5. The van der Waals surface area contributed by atoms with Gasteiger partial charge >= 0.3 is 6.09 Å². The Morgan fingerprint density at radius 1 is 1.08 bits per heavy atom. The molecule has 1 heterocycles. The maximum absolute atomic E-state index is 12.3. The molecule has 0 radical (unpaired) electrons. The molecular formula is C19H17N3O3S. The van der Waals surface area contributed by atoms with Crippen LogP contribution in [-0.2, 0) is 11.3 Å². The van der Waals surface area contributed by atoms with E-state index in [2.05, 4.69) is 20.4 Å². The highest BCUT2D eigenvalue weighted by Crippen LogP contribution is 2.23. The van der Waals surface area contributed by atoms with Crippen LogP contribution in [0.15, 0.2) is 60.0 Å². The van der Waals surface area contributed by atoms with Crippen LogP contribution in [0.4, 0.5) is 10.5 Å². The summed E-state index contributed by atoms with van der Waals surface area (Å²) in [5, 5.41) is 7.98. The first-order valence-electron chi connectivity index (χ1n) is 7.89. The van der Waals surface area contributed by atoms with Crippen LogP contribution in [0.1, 0.15) is 16.1 Å². The number of benzene rings is 2. The Balaban J connectivity index is 1.57. The minimum absolute atomic E-state index is 0.222. The first kappa shape index (κ1) is 17.6. The van der Waals surface area contributed by atoms with E-state index < -0.39 is 6.09 Å². The molecular weight excluding hydrogens is 350 g/mol. The Bertz CT molecular complexity index is 892. The van der Waals surface area contributed by atoms with Gasteiger partial charge in [-0.3, -0.25) is 10.1 Å². The maximum Gasteiger partial charge on any atom is 0.411 e. The zero-order valence-electron chi connectivity index (χ0n) is 14.1. The van der Waals surface area contributed by atoms with Crippen LogP contribution in [-0.4, -0.2) is 24.1 Å². The van der Waals surface area contributed by atoms with E-state index in [1.54, 1.807) is 17.5 Å². The number of carbonyl (C=O) groups excluding carboxylic acids is 2. The lowest BCUT2D eigenvalue weighted by molar-refractivity contribution is 0.0946. The lowest BCUT2D eigenvalue weighted by Gasteiger charge is -2.06. The molecule has 0 fully saturated rings. The SMILES string of the molecule is COC(=O)Nc1ccc(CNC(=O)c2csc(-c3ccccc3)n2)cc1. The Labute approximate surface area is 154 Å². The Morgan fingerprint density at radius 3 is 2.50 bits per heavy atom. The van der Waals surface area contributed by atoms with Crippen LogP contribution in [0, 0.1) is 0 Å². The number of hydrogen-bond donors (Lipinski definition) is 2. The second-order valence-corrected chi connectivity index (χ2v) is 6.26. The topological polar surface area (TPSA) is 80.3 Å². The van der Waals surface area contributed by atoms with Crippen molar-refractivity contribution >= 4 is 29.0 Å². The zero-order valence-corrected chi connectivity index (χ0v) is 14.9. The standard InChI is InChI=1S/C19H17N3O3S/c1-25-19(24)21-15-9-7-13(8-10-15)11-20-17(23)16-12-26-18(22-16)14-5-3-2-4-6-14/h2-10,12H,11H2,1H3,(H,20,23)(H,21,24). The molecule has 2 aromatic carbocycles. The van der Waals surface area contributed by atoms with Gasteiger partial charge < -0.3 is 10.1 Å². The molecule has 0 aliphatic rings. The van der Waals surface area contributed by atoms with E-state index in [9.17, 15) is 9.59 Å². The number of carbonyl (C=O) groups is 2. The van der Waals surface area contributed by atoms with Gasteiger partial charge in [0.15, 0.2) is 0 Å².